The zero-order chi connectivity index (χ0) is 22.2. The van der Waals surface area contributed by atoms with Crippen LogP contribution in [-0.2, 0) is 17.8 Å². The molecule has 2 N–H and O–H groups in total. The number of nitrogens with zero attached hydrogens (tertiary/aromatic N) is 2. The Morgan fingerprint density at radius 2 is 1.78 bits per heavy atom. The summed E-state index contributed by atoms with van der Waals surface area (Å²) in [6, 6.07) is 19.0. The van der Waals surface area contributed by atoms with Gasteiger partial charge in [0.1, 0.15) is 5.75 Å². The van der Waals surface area contributed by atoms with Gasteiger partial charge in [0.25, 0.3) is 5.91 Å². The fraction of sp³-hybridized carbons (Fsp3) is 0.462. The third-order valence-corrected chi connectivity index (χ3v) is 6.15. The third-order valence-electron chi connectivity index (χ3n) is 6.15. The first-order valence-corrected chi connectivity index (χ1v) is 11.7. The van der Waals surface area contributed by atoms with Gasteiger partial charge in [0.2, 0.25) is 0 Å². The summed E-state index contributed by atoms with van der Waals surface area (Å²) in [5.74, 6) is 2.34. The van der Waals surface area contributed by atoms with Crippen LogP contribution in [0.2, 0.25) is 0 Å². The fourth-order valence-corrected chi connectivity index (χ4v) is 4.20. The number of hydrogen-bond donors (Lipinski definition) is 2. The SMILES string of the molecule is CN=C(NCc1cccc(OCC(=O)NC2CC2)c1)N1CCC(Cc2ccccc2)CC1. The number of hydrogen-bond acceptors (Lipinski definition) is 3. The van der Waals surface area contributed by atoms with Crippen LogP contribution in [0.5, 0.6) is 5.75 Å². The van der Waals surface area contributed by atoms with Gasteiger partial charge in [-0.05, 0) is 61.3 Å². The van der Waals surface area contributed by atoms with Crippen molar-refractivity contribution in [3.63, 3.8) is 0 Å². The van der Waals surface area contributed by atoms with E-state index in [2.05, 4.69) is 56.9 Å². The topological polar surface area (TPSA) is 66.0 Å². The molecule has 2 aliphatic rings. The molecule has 32 heavy (non-hydrogen) atoms. The maximum atomic E-state index is 11.8. The molecule has 1 saturated carbocycles. The Hall–Kier alpha value is -3.02. The molecule has 1 amide bonds. The number of guanidine groups is 1. The Labute approximate surface area is 191 Å². The smallest absolute Gasteiger partial charge is 0.258 e. The summed E-state index contributed by atoms with van der Waals surface area (Å²) in [5, 5.41) is 6.43. The van der Waals surface area contributed by atoms with Crippen LogP contribution in [0.4, 0.5) is 0 Å². The van der Waals surface area contributed by atoms with Gasteiger partial charge in [0.15, 0.2) is 12.6 Å². The van der Waals surface area contributed by atoms with Crippen LogP contribution in [0.25, 0.3) is 0 Å². The van der Waals surface area contributed by atoms with Gasteiger partial charge in [-0.3, -0.25) is 9.79 Å². The van der Waals surface area contributed by atoms with E-state index in [4.69, 9.17) is 4.74 Å². The highest BCUT2D eigenvalue weighted by molar-refractivity contribution is 5.80. The Morgan fingerprint density at radius 1 is 1.03 bits per heavy atom. The number of rotatable bonds is 8. The van der Waals surface area contributed by atoms with Crippen molar-refractivity contribution in [2.75, 3.05) is 26.7 Å². The van der Waals surface area contributed by atoms with E-state index in [-0.39, 0.29) is 12.5 Å². The molecule has 0 bridgehead atoms. The summed E-state index contributed by atoms with van der Waals surface area (Å²) in [6.45, 7) is 2.78. The first-order valence-electron chi connectivity index (χ1n) is 11.7. The van der Waals surface area contributed by atoms with Crippen LogP contribution < -0.4 is 15.4 Å². The summed E-state index contributed by atoms with van der Waals surface area (Å²) in [7, 11) is 1.84. The Balaban J connectivity index is 1.22. The average Bonchev–Trinajstić information content (AvgIpc) is 3.64. The zero-order valence-electron chi connectivity index (χ0n) is 18.9. The molecule has 4 rings (SSSR count). The molecular weight excluding hydrogens is 400 g/mol. The van der Waals surface area contributed by atoms with Crippen molar-refractivity contribution in [2.24, 2.45) is 10.9 Å². The van der Waals surface area contributed by atoms with Crippen molar-refractivity contribution in [3.8, 4) is 5.75 Å². The van der Waals surface area contributed by atoms with Gasteiger partial charge < -0.3 is 20.3 Å². The highest BCUT2D eigenvalue weighted by atomic mass is 16.5. The minimum absolute atomic E-state index is 0.0490. The largest absolute Gasteiger partial charge is 0.484 e. The maximum Gasteiger partial charge on any atom is 0.258 e. The summed E-state index contributed by atoms with van der Waals surface area (Å²) >= 11 is 0. The van der Waals surface area contributed by atoms with Crippen LogP contribution >= 0.6 is 0 Å². The molecule has 0 aromatic heterocycles. The van der Waals surface area contributed by atoms with Crippen molar-refractivity contribution >= 4 is 11.9 Å². The van der Waals surface area contributed by atoms with Crippen molar-refractivity contribution in [3.05, 3.63) is 65.7 Å². The molecule has 170 valence electrons. The van der Waals surface area contributed by atoms with Gasteiger partial charge in [-0.1, -0.05) is 42.5 Å². The molecule has 1 aliphatic heterocycles. The fourth-order valence-electron chi connectivity index (χ4n) is 4.20. The van der Waals surface area contributed by atoms with E-state index in [1.54, 1.807) is 0 Å². The highest BCUT2D eigenvalue weighted by Gasteiger charge is 2.23. The Kier molecular flexibility index (Phi) is 7.64. The number of piperidine rings is 1. The van der Waals surface area contributed by atoms with Gasteiger partial charge in [-0.25, -0.2) is 0 Å². The van der Waals surface area contributed by atoms with E-state index in [1.165, 1.54) is 18.4 Å². The molecule has 1 saturated heterocycles. The summed E-state index contributed by atoms with van der Waals surface area (Å²) < 4.78 is 5.67. The van der Waals surface area contributed by atoms with Crippen molar-refractivity contribution < 1.29 is 9.53 Å². The van der Waals surface area contributed by atoms with Crippen LogP contribution in [0.15, 0.2) is 59.6 Å². The number of aliphatic imine (C=N–C) groups is 1. The normalized spacial score (nSPS) is 17.2. The lowest BCUT2D eigenvalue weighted by molar-refractivity contribution is -0.123. The monoisotopic (exact) mass is 434 g/mol. The van der Waals surface area contributed by atoms with Gasteiger partial charge >= 0.3 is 0 Å². The number of benzene rings is 2. The van der Waals surface area contributed by atoms with Gasteiger partial charge in [0.05, 0.1) is 0 Å². The molecule has 0 atom stereocenters. The number of amides is 1. The first kappa shape index (κ1) is 22.2. The lowest BCUT2D eigenvalue weighted by atomic mass is 9.90. The second-order valence-corrected chi connectivity index (χ2v) is 8.80. The highest BCUT2D eigenvalue weighted by Crippen LogP contribution is 2.22. The number of ether oxygens (including phenoxy) is 1. The lowest BCUT2D eigenvalue weighted by Gasteiger charge is -2.34. The zero-order valence-corrected chi connectivity index (χ0v) is 18.9. The van der Waals surface area contributed by atoms with Crippen molar-refractivity contribution in [1.29, 1.82) is 0 Å². The van der Waals surface area contributed by atoms with Crippen LogP contribution in [0, 0.1) is 5.92 Å². The first-order chi connectivity index (χ1) is 15.7. The predicted molar refractivity (Wildman–Crippen MR) is 128 cm³/mol. The minimum Gasteiger partial charge on any atom is -0.484 e. The van der Waals surface area contributed by atoms with Gasteiger partial charge in [-0.15, -0.1) is 0 Å². The number of nitrogens with one attached hydrogen (secondary N) is 2. The molecule has 0 unspecified atom stereocenters. The molecule has 6 nitrogen and oxygen atoms in total. The van der Waals surface area contributed by atoms with E-state index in [9.17, 15) is 4.79 Å². The summed E-state index contributed by atoms with van der Waals surface area (Å²) in [6.07, 6.45) is 5.69. The Morgan fingerprint density at radius 3 is 2.50 bits per heavy atom. The van der Waals surface area contributed by atoms with Crippen molar-refractivity contribution in [1.82, 2.24) is 15.5 Å². The molecular formula is C26H34N4O2. The van der Waals surface area contributed by atoms with E-state index in [0.717, 1.165) is 49.8 Å². The molecule has 1 aliphatic carbocycles. The lowest BCUT2D eigenvalue weighted by Crippen LogP contribution is -2.45. The quantitative estimate of drug-likeness (QED) is 0.494. The standard InChI is InChI=1S/C26H34N4O2/c1-27-26(30-14-12-21(13-15-30)16-20-6-3-2-4-7-20)28-18-22-8-5-9-24(17-22)32-19-25(31)29-23-10-11-23/h2-9,17,21,23H,10-16,18-19H2,1H3,(H,27,28)(H,29,31). The second-order valence-electron chi connectivity index (χ2n) is 8.80. The molecule has 0 radical (unpaired) electrons. The van der Waals surface area contributed by atoms with E-state index in [0.29, 0.717) is 18.3 Å². The van der Waals surface area contributed by atoms with Crippen molar-refractivity contribution in [2.45, 2.75) is 44.7 Å². The molecule has 2 aromatic rings. The molecule has 2 aromatic carbocycles. The molecule has 2 fully saturated rings. The number of carbonyl (C=O) groups excluding carboxylic acids is 1. The average molecular weight is 435 g/mol. The van der Waals surface area contributed by atoms with Gasteiger partial charge in [-0.2, -0.15) is 0 Å². The Bertz CT molecular complexity index is 903. The number of likely N-dealkylation sites (tertiary alicyclic amines) is 1. The maximum absolute atomic E-state index is 11.8. The van der Waals surface area contributed by atoms with Crippen LogP contribution in [-0.4, -0.2) is 49.6 Å². The van der Waals surface area contributed by atoms with E-state index < -0.39 is 0 Å². The molecule has 1 heterocycles. The summed E-state index contributed by atoms with van der Waals surface area (Å²) in [5.41, 5.74) is 2.53. The predicted octanol–water partition coefficient (Wildman–Crippen LogP) is 3.37. The molecule has 6 heteroatoms. The minimum atomic E-state index is -0.0490. The molecule has 0 spiro atoms. The number of carbonyl (C=O) groups is 1. The van der Waals surface area contributed by atoms with Gasteiger partial charge in [0, 0.05) is 32.7 Å². The summed E-state index contributed by atoms with van der Waals surface area (Å²) in [4.78, 5) is 18.7. The van der Waals surface area contributed by atoms with E-state index in [1.807, 2.05) is 25.2 Å². The second kappa shape index (κ2) is 11.0. The van der Waals surface area contributed by atoms with Crippen LogP contribution in [0.3, 0.4) is 0 Å². The van der Waals surface area contributed by atoms with Crippen LogP contribution in [0.1, 0.15) is 36.8 Å². The van der Waals surface area contributed by atoms with E-state index >= 15 is 0 Å². The third kappa shape index (κ3) is 6.74.